The van der Waals surface area contributed by atoms with Gasteiger partial charge >= 0.3 is 0 Å². The summed E-state index contributed by atoms with van der Waals surface area (Å²) in [5, 5.41) is 8.46. The number of nitrogens with zero attached hydrogens (tertiary/aromatic N) is 5. The highest BCUT2D eigenvalue weighted by molar-refractivity contribution is 5.98. The number of amides is 1. The molecule has 2 bridgehead atoms. The SMILES string of the molecule is Cc1ccc(OCC2CC3CCC2N3C(=O)c2cc(C)ccc2-n2nccn2)nc1. The van der Waals surface area contributed by atoms with E-state index in [0.29, 0.717) is 24.0 Å². The minimum atomic E-state index is 0.0643. The van der Waals surface area contributed by atoms with E-state index in [0.717, 1.165) is 36.1 Å². The van der Waals surface area contributed by atoms with Crippen LogP contribution in [-0.4, -0.2) is 49.5 Å². The second-order valence-corrected chi connectivity index (χ2v) is 8.33. The molecular weight excluding hydrogens is 378 g/mol. The highest BCUT2D eigenvalue weighted by Gasteiger charge is 2.49. The van der Waals surface area contributed by atoms with Crippen molar-refractivity contribution in [2.24, 2.45) is 5.92 Å². The van der Waals surface area contributed by atoms with Gasteiger partial charge in [-0.2, -0.15) is 15.0 Å². The number of rotatable bonds is 5. The van der Waals surface area contributed by atoms with Crippen LogP contribution >= 0.6 is 0 Å². The third-order valence-corrected chi connectivity index (χ3v) is 6.25. The highest BCUT2D eigenvalue weighted by atomic mass is 16.5. The van der Waals surface area contributed by atoms with Crippen LogP contribution in [-0.2, 0) is 0 Å². The zero-order valence-electron chi connectivity index (χ0n) is 17.2. The number of benzene rings is 1. The van der Waals surface area contributed by atoms with Crippen LogP contribution in [0.5, 0.6) is 5.88 Å². The Hall–Kier alpha value is -3.22. The number of aryl methyl sites for hydroxylation is 2. The van der Waals surface area contributed by atoms with Gasteiger partial charge < -0.3 is 9.64 Å². The zero-order valence-corrected chi connectivity index (χ0v) is 17.2. The first kappa shape index (κ1) is 18.8. The van der Waals surface area contributed by atoms with E-state index in [1.54, 1.807) is 12.4 Å². The summed E-state index contributed by atoms with van der Waals surface area (Å²) in [4.78, 5) is 21.6. The Morgan fingerprint density at radius 2 is 1.90 bits per heavy atom. The van der Waals surface area contributed by atoms with E-state index in [1.807, 2.05) is 50.4 Å². The molecule has 0 aliphatic carbocycles. The Morgan fingerprint density at radius 1 is 1.10 bits per heavy atom. The fraction of sp³-hybridized carbons (Fsp3) is 0.391. The van der Waals surface area contributed by atoms with Crippen LogP contribution in [0.3, 0.4) is 0 Å². The van der Waals surface area contributed by atoms with Crippen LogP contribution in [0.25, 0.3) is 5.69 Å². The van der Waals surface area contributed by atoms with Crippen molar-refractivity contribution in [3.8, 4) is 11.6 Å². The van der Waals surface area contributed by atoms with Gasteiger partial charge in [0, 0.05) is 30.3 Å². The molecular formula is C23H25N5O2. The summed E-state index contributed by atoms with van der Waals surface area (Å²) in [6.45, 7) is 4.60. The number of carbonyl (C=O) groups excluding carboxylic acids is 1. The molecule has 2 aliphatic rings. The lowest BCUT2D eigenvalue weighted by atomic mass is 9.90. The molecule has 7 nitrogen and oxygen atoms in total. The van der Waals surface area contributed by atoms with E-state index in [-0.39, 0.29) is 18.0 Å². The number of hydrogen-bond acceptors (Lipinski definition) is 5. The number of fused-ring (bicyclic) bond motifs is 2. The first-order chi connectivity index (χ1) is 14.6. The maximum Gasteiger partial charge on any atom is 0.256 e. The molecule has 3 aromatic rings. The summed E-state index contributed by atoms with van der Waals surface area (Å²) in [5.41, 5.74) is 3.54. The number of ether oxygens (including phenoxy) is 1. The van der Waals surface area contributed by atoms with Gasteiger partial charge in [0.05, 0.1) is 30.3 Å². The molecule has 30 heavy (non-hydrogen) atoms. The lowest BCUT2D eigenvalue weighted by molar-refractivity contribution is 0.0709. The molecule has 3 atom stereocenters. The molecule has 4 heterocycles. The summed E-state index contributed by atoms with van der Waals surface area (Å²) >= 11 is 0. The van der Waals surface area contributed by atoms with Crippen LogP contribution in [0.4, 0.5) is 0 Å². The van der Waals surface area contributed by atoms with Crippen molar-refractivity contribution in [3.63, 3.8) is 0 Å². The Kier molecular flexibility index (Phi) is 4.73. The molecule has 5 rings (SSSR count). The largest absolute Gasteiger partial charge is 0.477 e. The molecule has 3 unspecified atom stereocenters. The van der Waals surface area contributed by atoms with Gasteiger partial charge in [-0.15, -0.1) is 0 Å². The second-order valence-electron chi connectivity index (χ2n) is 8.33. The highest BCUT2D eigenvalue weighted by Crippen LogP contribution is 2.43. The second kappa shape index (κ2) is 7.55. The van der Waals surface area contributed by atoms with Gasteiger partial charge in [-0.1, -0.05) is 17.7 Å². The minimum absolute atomic E-state index is 0.0643. The fourth-order valence-corrected chi connectivity index (χ4v) is 4.82. The summed E-state index contributed by atoms with van der Waals surface area (Å²) < 4.78 is 5.96. The van der Waals surface area contributed by atoms with Crippen molar-refractivity contribution < 1.29 is 9.53 Å². The molecule has 2 aliphatic heterocycles. The first-order valence-corrected chi connectivity index (χ1v) is 10.5. The van der Waals surface area contributed by atoms with Crippen LogP contribution < -0.4 is 4.74 Å². The zero-order chi connectivity index (χ0) is 20.7. The summed E-state index contributed by atoms with van der Waals surface area (Å²) in [6.07, 6.45) is 8.11. The van der Waals surface area contributed by atoms with Crippen LogP contribution in [0.2, 0.25) is 0 Å². The normalized spacial score (nSPS) is 22.5. The molecule has 0 radical (unpaired) electrons. The maximum atomic E-state index is 13.6. The number of pyridine rings is 1. The van der Waals surface area contributed by atoms with Crippen molar-refractivity contribution >= 4 is 5.91 Å². The molecule has 7 heteroatoms. The smallest absolute Gasteiger partial charge is 0.256 e. The standard InChI is InChI=1S/C23H25N5O2/c1-15-3-6-21(28-25-9-10-26-28)19(11-15)23(29)27-18-5-7-20(27)17(12-18)14-30-22-8-4-16(2)13-24-22/h3-4,6,8-11,13,17-18,20H,5,7,12,14H2,1-2H3. The van der Waals surface area contributed by atoms with Gasteiger partial charge in [0.25, 0.3) is 5.91 Å². The number of carbonyl (C=O) groups is 1. The van der Waals surface area contributed by atoms with Crippen molar-refractivity contribution in [2.75, 3.05) is 6.61 Å². The Balaban J connectivity index is 1.36. The summed E-state index contributed by atoms with van der Waals surface area (Å²) in [5.74, 6) is 1.04. The van der Waals surface area contributed by atoms with Crippen molar-refractivity contribution in [3.05, 3.63) is 65.6 Å². The number of hydrogen-bond donors (Lipinski definition) is 0. The fourth-order valence-electron chi connectivity index (χ4n) is 4.82. The van der Waals surface area contributed by atoms with Gasteiger partial charge in [-0.05, 0) is 50.8 Å². The lowest BCUT2D eigenvalue weighted by Gasteiger charge is -2.25. The predicted molar refractivity (Wildman–Crippen MR) is 112 cm³/mol. The van der Waals surface area contributed by atoms with Gasteiger partial charge in [0.1, 0.15) is 0 Å². The van der Waals surface area contributed by atoms with E-state index in [1.165, 1.54) is 4.80 Å². The maximum absolute atomic E-state index is 13.6. The third-order valence-electron chi connectivity index (χ3n) is 6.25. The molecule has 2 aromatic heterocycles. The molecule has 154 valence electrons. The van der Waals surface area contributed by atoms with E-state index < -0.39 is 0 Å². The average Bonchev–Trinajstić information content (AvgIpc) is 3.49. The first-order valence-electron chi connectivity index (χ1n) is 10.5. The van der Waals surface area contributed by atoms with Crippen LogP contribution in [0, 0.1) is 19.8 Å². The molecule has 2 saturated heterocycles. The van der Waals surface area contributed by atoms with Gasteiger partial charge in [-0.3, -0.25) is 4.79 Å². The van der Waals surface area contributed by atoms with Gasteiger partial charge in [0.15, 0.2) is 0 Å². The molecule has 1 amide bonds. The molecule has 2 fully saturated rings. The van der Waals surface area contributed by atoms with Crippen molar-refractivity contribution in [2.45, 2.75) is 45.2 Å². The number of aromatic nitrogens is 4. The quantitative estimate of drug-likeness (QED) is 0.653. The van der Waals surface area contributed by atoms with Crippen LogP contribution in [0.1, 0.15) is 40.7 Å². The topological polar surface area (TPSA) is 73.1 Å². The molecule has 1 aromatic carbocycles. The van der Waals surface area contributed by atoms with Crippen molar-refractivity contribution in [1.82, 2.24) is 24.9 Å². The molecule has 0 N–H and O–H groups in total. The predicted octanol–water partition coefficient (Wildman–Crippen LogP) is 3.35. The van der Waals surface area contributed by atoms with Crippen LogP contribution in [0.15, 0.2) is 48.9 Å². The van der Waals surface area contributed by atoms with E-state index in [2.05, 4.69) is 20.1 Å². The van der Waals surface area contributed by atoms with Gasteiger partial charge in [-0.25, -0.2) is 4.98 Å². The Morgan fingerprint density at radius 3 is 2.67 bits per heavy atom. The minimum Gasteiger partial charge on any atom is -0.477 e. The van der Waals surface area contributed by atoms with E-state index in [9.17, 15) is 4.79 Å². The monoisotopic (exact) mass is 403 g/mol. The lowest BCUT2D eigenvalue weighted by Crippen LogP contribution is -2.38. The summed E-state index contributed by atoms with van der Waals surface area (Å²) in [6, 6.07) is 10.2. The van der Waals surface area contributed by atoms with Crippen molar-refractivity contribution in [1.29, 1.82) is 0 Å². The average molecular weight is 403 g/mol. The molecule has 0 saturated carbocycles. The Labute approximate surface area is 175 Å². The van der Waals surface area contributed by atoms with E-state index in [4.69, 9.17) is 4.74 Å². The molecule has 0 spiro atoms. The summed E-state index contributed by atoms with van der Waals surface area (Å²) in [7, 11) is 0. The third kappa shape index (κ3) is 3.34. The Bertz CT molecular complexity index is 1050. The van der Waals surface area contributed by atoms with E-state index >= 15 is 0 Å². The van der Waals surface area contributed by atoms with Gasteiger partial charge in [0.2, 0.25) is 5.88 Å².